The van der Waals surface area contributed by atoms with Gasteiger partial charge in [-0.1, -0.05) is 34.6 Å². The second-order valence-electron chi connectivity index (χ2n) is 0.612. The highest BCUT2D eigenvalue weighted by molar-refractivity contribution is 5.51. The fourth-order valence-corrected chi connectivity index (χ4v) is 0. The van der Waals surface area contributed by atoms with E-state index >= 15 is 0 Å². The van der Waals surface area contributed by atoms with Crippen LogP contribution in [0.3, 0.4) is 0 Å². The maximum Gasteiger partial charge on any atom is -0.00505 e. The van der Waals surface area contributed by atoms with Crippen LogP contribution in [0.25, 0.3) is 0 Å². The monoisotopic (exact) mass is 117 g/mol. The normalized spacial score (nSPS) is 4.62. The molecule has 8 heavy (non-hydrogen) atoms. The van der Waals surface area contributed by atoms with Crippen molar-refractivity contribution >= 4 is 6.21 Å². The molecule has 0 fully saturated rings. The minimum atomic E-state index is 0.861. The van der Waals surface area contributed by atoms with E-state index in [1.807, 2.05) is 34.6 Å². The largest absolute Gasteiger partial charge is 0.313 e. The van der Waals surface area contributed by atoms with Crippen LogP contribution in [-0.2, 0) is 0 Å². The van der Waals surface area contributed by atoms with Crippen molar-refractivity contribution in [2.75, 3.05) is 0 Å². The maximum absolute atomic E-state index is 6.33. The SMILES string of the molecule is CC.CC.CCC=N. The molecule has 52 valence electrons. The molecule has 0 saturated heterocycles. The first-order valence-electron chi connectivity index (χ1n) is 3.40. The third kappa shape index (κ3) is 275. The van der Waals surface area contributed by atoms with Gasteiger partial charge in [0.05, 0.1) is 0 Å². The van der Waals surface area contributed by atoms with Gasteiger partial charge in [0, 0.05) is 0 Å². The molecule has 0 spiro atoms. The first-order chi connectivity index (χ1) is 3.91. The smallest absolute Gasteiger partial charge is 0.00505 e. The highest BCUT2D eigenvalue weighted by atomic mass is 14.3. The molecule has 0 aromatic heterocycles. The van der Waals surface area contributed by atoms with Gasteiger partial charge < -0.3 is 5.41 Å². The minimum Gasteiger partial charge on any atom is -0.313 e. The second kappa shape index (κ2) is 76.9. The Morgan fingerprint density at radius 1 is 1.12 bits per heavy atom. The Labute approximate surface area is 53.6 Å². The van der Waals surface area contributed by atoms with Crippen molar-refractivity contribution in [3.8, 4) is 0 Å². The van der Waals surface area contributed by atoms with Gasteiger partial charge >= 0.3 is 0 Å². The van der Waals surface area contributed by atoms with Crippen LogP contribution >= 0.6 is 0 Å². The van der Waals surface area contributed by atoms with E-state index in [0.717, 1.165) is 6.42 Å². The van der Waals surface area contributed by atoms with Gasteiger partial charge in [-0.3, -0.25) is 0 Å². The zero-order valence-corrected chi connectivity index (χ0v) is 6.78. The molecule has 1 heteroatoms. The molecule has 1 N–H and O–H groups in total. The number of rotatable bonds is 1. The molecule has 0 aromatic carbocycles. The maximum atomic E-state index is 6.33. The third-order valence-electron chi connectivity index (χ3n) is 0.204. The van der Waals surface area contributed by atoms with E-state index in [4.69, 9.17) is 5.41 Å². The molecule has 0 rings (SSSR count). The van der Waals surface area contributed by atoms with Gasteiger partial charge in [-0.15, -0.1) is 0 Å². The van der Waals surface area contributed by atoms with Crippen molar-refractivity contribution < 1.29 is 0 Å². The molecule has 0 amide bonds. The first kappa shape index (κ1) is 15.6. The lowest BCUT2D eigenvalue weighted by molar-refractivity contribution is 1.30. The van der Waals surface area contributed by atoms with Gasteiger partial charge in [-0.05, 0) is 12.6 Å². The Kier molecular flexibility index (Phi) is 150. The molecule has 1 nitrogen and oxygen atoms in total. The topological polar surface area (TPSA) is 23.9 Å². The molecule has 0 bridgehead atoms. The van der Waals surface area contributed by atoms with Crippen molar-refractivity contribution in [2.45, 2.75) is 41.0 Å². The number of nitrogens with one attached hydrogen (secondary N) is 1. The van der Waals surface area contributed by atoms with Gasteiger partial charge in [0.25, 0.3) is 0 Å². The fourth-order valence-electron chi connectivity index (χ4n) is 0. The molecule has 0 unspecified atom stereocenters. The standard InChI is InChI=1S/C3H7N.2C2H6/c1-2-3-4;2*1-2/h3-4H,2H2,1H3;2*1-2H3. The highest BCUT2D eigenvalue weighted by Gasteiger charge is 1.47. The minimum absolute atomic E-state index is 0.861. The van der Waals surface area contributed by atoms with Crippen molar-refractivity contribution in [1.82, 2.24) is 0 Å². The summed E-state index contributed by atoms with van der Waals surface area (Å²) in [6.45, 7) is 9.94. The molecule has 0 aliphatic heterocycles. The Morgan fingerprint density at radius 3 is 1.25 bits per heavy atom. The van der Waals surface area contributed by atoms with Crippen LogP contribution in [0.15, 0.2) is 0 Å². The summed E-state index contributed by atoms with van der Waals surface area (Å²) < 4.78 is 0. The van der Waals surface area contributed by atoms with Crippen molar-refractivity contribution in [2.24, 2.45) is 0 Å². The summed E-state index contributed by atoms with van der Waals surface area (Å²) in [5, 5.41) is 6.33. The van der Waals surface area contributed by atoms with Gasteiger partial charge in [0.1, 0.15) is 0 Å². The van der Waals surface area contributed by atoms with E-state index in [1.54, 1.807) is 0 Å². The molecule has 0 aromatic rings. The van der Waals surface area contributed by atoms with Crippen LogP contribution in [0.4, 0.5) is 0 Å². The lowest BCUT2D eigenvalue weighted by Crippen LogP contribution is -1.52. The lowest BCUT2D eigenvalue weighted by atomic mass is 10.6. The van der Waals surface area contributed by atoms with Crippen LogP contribution in [0, 0.1) is 5.41 Å². The van der Waals surface area contributed by atoms with Crippen LogP contribution in [0.1, 0.15) is 41.0 Å². The Morgan fingerprint density at radius 2 is 1.25 bits per heavy atom. The lowest BCUT2D eigenvalue weighted by Gasteiger charge is -1.56. The van der Waals surface area contributed by atoms with E-state index in [9.17, 15) is 0 Å². The van der Waals surface area contributed by atoms with E-state index in [2.05, 4.69) is 0 Å². The van der Waals surface area contributed by atoms with Crippen LogP contribution in [0.2, 0.25) is 0 Å². The third-order valence-corrected chi connectivity index (χ3v) is 0.204. The molecular weight excluding hydrogens is 98.1 g/mol. The molecule has 0 radical (unpaired) electrons. The van der Waals surface area contributed by atoms with Crippen molar-refractivity contribution in [3.63, 3.8) is 0 Å². The zero-order chi connectivity index (χ0) is 7.41. The summed E-state index contributed by atoms with van der Waals surface area (Å²) in [6, 6.07) is 0. The van der Waals surface area contributed by atoms with Crippen LogP contribution in [-0.4, -0.2) is 6.21 Å². The van der Waals surface area contributed by atoms with Crippen molar-refractivity contribution in [3.05, 3.63) is 0 Å². The summed E-state index contributed by atoms with van der Waals surface area (Å²) in [6.07, 6.45) is 2.24. The number of hydrogen-bond donors (Lipinski definition) is 1. The average molecular weight is 117 g/mol. The summed E-state index contributed by atoms with van der Waals surface area (Å²) in [5.74, 6) is 0. The molecule has 0 aliphatic carbocycles. The predicted molar refractivity (Wildman–Crippen MR) is 41.8 cm³/mol. The average Bonchev–Trinajstić information content (AvgIpc) is 1.96. The Balaban J connectivity index is -0.0000000542. The first-order valence-corrected chi connectivity index (χ1v) is 3.40. The molecular formula is C7H19N. The molecule has 0 atom stereocenters. The molecule has 0 heterocycles. The van der Waals surface area contributed by atoms with Gasteiger partial charge in [-0.25, -0.2) is 0 Å². The van der Waals surface area contributed by atoms with E-state index in [1.165, 1.54) is 6.21 Å². The van der Waals surface area contributed by atoms with E-state index < -0.39 is 0 Å². The van der Waals surface area contributed by atoms with E-state index in [0.29, 0.717) is 0 Å². The summed E-state index contributed by atoms with van der Waals surface area (Å²) in [7, 11) is 0. The molecule has 0 saturated carbocycles. The summed E-state index contributed by atoms with van der Waals surface area (Å²) in [5.41, 5.74) is 0. The Bertz CT molecular complexity index is 18.3. The Hall–Kier alpha value is -0.330. The van der Waals surface area contributed by atoms with Gasteiger partial charge in [0.2, 0.25) is 0 Å². The van der Waals surface area contributed by atoms with Gasteiger partial charge in [0.15, 0.2) is 0 Å². The van der Waals surface area contributed by atoms with Crippen LogP contribution < -0.4 is 0 Å². The van der Waals surface area contributed by atoms with E-state index in [-0.39, 0.29) is 0 Å². The predicted octanol–water partition coefficient (Wildman–Crippen LogP) is 3.10. The second-order valence-corrected chi connectivity index (χ2v) is 0.612. The highest BCUT2D eigenvalue weighted by Crippen LogP contribution is 1.54. The van der Waals surface area contributed by atoms with Gasteiger partial charge in [-0.2, -0.15) is 0 Å². The summed E-state index contributed by atoms with van der Waals surface area (Å²) in [4.78, 5) is 0. The fraction of sp³-hybridized carbons (Fsp3) is 0.857. The van der Waals surface area contributed by atoms with Crippen molar-refractivity contribution in [1.29, 1.82) is 5.41 Å². The number of hydrogen-bond acceptors (Lipinski definition) is 1. The molecule has 0 aliphatic rings. The van der Waals surface area contributed by atoms with Crippen LogP contribution in [0.5, 0.6) is 0 Å². The zero-order valence-electron chi connectivity index (χ0n) is 6.78. The quantitative estimate of drug-likeness (QED) is 0.510. The summed E-state index contributed by atoms with van der Waals surface area (Å²) >= 11 is 0.